The summed E-state index contributed by atoms with van der Waals surface area (Å²) in [7, 11) is 5.72. The number of nitrogens with one attached hydrogen (secondary N) is 2. The minimum Gasteiger partial charge on any atom is -0.377 e. The number of amides is 1. The predicted molar refractivity (Wildman–Crippen MR) is 163 cm³/mol. The monoisotopic (exact) mass is 561 g/mol. The molecule has 5 rings (SSSR count). The number of benzodiazepines with no additional fused rings is 1. The molecule has 4 aromatic carbocycles. The van der Waals surface area contributed by atoms with Crippen LogP contribution in [0.5, 0.6) is 0 Å². The first-order valence-corrected chi connectivity index (χ1v) is 13.1. The van der Waals surface area contributed by atoms with Gasteiger partial charge in [-0.05, 0) is 48.6 Å². The molecule has 9 heteroatoms. The molecule has 0 radical (unpaired) electrons. The number of likely N-dealkylation sites (N-methyl/N-ethyl adjacent to an activating group) is 1. The third kappa shape index (κ3) is 4.92. The zero-order valence-electron chi connectivity index (χ0n) is 21.0. The summed E-state index contributed by atoms with van der Waals surface area (Å²) in [6.07, 6.45) is -0.996. The maximum Gasteiger partial charge on any atom is 0.272 e. The Balaban J connectivity index is 1.52. The van der Waals surface area contributed by atoms with Gasteiger partial charge in [0.25, 0.3) is 5.91 Å². The molecule has 1 heterocycles. The van der Waals surface area contributed by atoms with Crippen LogP contribution in [0.3, 0.4) is 0 Å². The van der Waals surface area contributed by atoms with E-state index >= 15 is 0 Å². The van der Waals surface area contributed by atoms with Crippen molar-refractivity contribution in [3.63, 3.8) is 0 Å². The van der Waals surface area contributed by atoms with Gasteiger partial charge in [0.2, 0.25) is 6.17 Å². The summed E-state index contributed by atoms with van der Waals surface area (Å²) in [6, 6.07) is 24.8. The van der Waals surface area contributed by atoms with Crippen molar-refractivity contribution in [1.29, 1.82) is 0 Å². The van der Waals surface area contributed by atoms with Gasteiger partial charge in [-0.15, -0.1) is 0 Å². The molecule has 1 unspecified atom stereocenters. The van der Waals surface area contributed by atoms with Gasteiger partial charge in [0.1, 0.15) is 0 Å². The Bertz CT molecular complexity index is 1600. The van der Waals surface area contributed by atoms with E-state index in [2.05, 4.69) is 21.6 Å². The second kappa shape index (κ2) is 10.6. The van der Waals surface area contributed by atoms with Gasteiger partial charge in [0.15, 0.2) is 5.11 Å². The molecule has 1 amide bonds. The first kappa shape index (κ1) is 26.0. The fraction of sp³-hybridized carbons (Fsp3) is 0.138. The molecule has 0 saturated carbocycles. The van der Waals surface area contributed by atoms with E-state index in [1.807, 2.05) is 62.6 Å². The van der Waals surface area contributed by atoms with E-state index in [1.54, 1.807) is 36.2 Å². The molecule has 2 N–H and O–H groups in total. The van der Waals surface area contributed by atoms with Gasteiger partial charge in [0.05, 0.1) is 11.4 Å². The van der Waals surface area contributed by atoms with E-state index in [1.165, 1.54) is 0 Å². The van der Waals surface area contributed by atoms with Crippen molar-refractivity contribution >= 4 is 80.0 Å². The number of carbonyl (C=O) groups excluding carboxylic acids is 1. The first-order chi connectivity index (χ1) is 18.2. The zero-order valence-corrected chi connectivity index (χ0v) is 23.3. The van der Waals surface area contributed by atoms with Crippen molar-refractivity contribution < 1.29 is 4.79 Å². The third-order valence-electron chi connectivity index (χ3n) is 6.43. The number of halogens is 2. The number of nitrogens with zero attached hydrogens (tertiary/aromatic N) is 3. The number of benzene rings is 4. The summed E-state index contributed by atoms with van der Waals surface area (Å²) in [5, 5.41) is 9.79. The predicted octanol–water partition coefficient (Wildman–Crippen LogP) is 6.34. The highest BCUT2D eigenvalue weighted by Crippen LogP contribution is 2.33. The Hall–Kier alpha value is -3.65. The highest BCUT2D eigenvalue weighted by atomic mass is 35.5. The molecule has 1 aliphatic heterocycles. The number of anilines is 3. The van der Waals surface area contributed by atoms with E-state index < -0.39 is 6.17 Å². The Morgan fingerprint density at radius 2 is 1.66 bits per heavy atom. The van der Waals surface area contributed by atoms with E-state index in [0.717, 1.165) is 22.1 Å². The smallest absolute Gasteiger partial charge is 0.272 e. The topological polar surface area (TPSA) is 60.0 Å². The van der Waals surface area contributed by atoms with Gasteiger partial charge in [-0.3, -0.25) is 4.79 Å². The lowest BCUT2D eigenvalue weighted by atomic mass is 10.00. The van der Waals surface area contributed by atoms with E-state index in [-0.39, 0.29) is 11.0 Å². The van der Waals surface area contributed by atoms with Crippen LogP contribution < -0.4 is 20.4 Å². The molecular weight excluding hydrogens is 537 g/mol. The van der Waals surface area contributed by atoms with Gasteiger partial charge in [-0.2, -0.15) is 0 Å². The van der Waals surface area contributed by atoms with Crippen LogP contribution in [0.1, 0.15) is 11.1 Å². The van der Waals surface area contributed by atoms with Crippen molar-refractivity contribution in [3.8, 4) is 0 Å². The summed E-state index contributed by atoms with van der Waals surface area (Å²) < 4.78 is 0. The lowest BCUT2D eigenvalue weighted by Gasteiger charge is -2.22. The summed E-state index contributed by atoms with van der Waals surface area (Å²) in [5.41, 5.74) is 4.53. The van der Waals surface area contributed by atoms with Crippen LogP contribution in [0.2, 0.25) is 10.0 Å². The van der Waals surface area contributed by atoms with Gasteiger partial charge < -0.3 is 20.4 Å². The maximum atomic E-state index is 13.6. The van der Waals surface area contributed by atoms with Crippen molar-refractivity contribution in [2.45, 2.75) is 6.17 Å². The number of hydrogen-bond acceptors (Lipinski definition) is 4. The van der Waals surface area contributed by atoms with Gasteiger partial charge in [-0.1, -0.05) is 65.7 Å². The van der Waals surface area contributed by atoms with E-state index in [4.69, 9.17) is 40.4 Å². The second-order valence-corrected chi connectivity index (χ2v) is 10.3. The Morgan fingerprint density at radius 1 is 0.947 bits per heavy atom. The third-order valence-corrected chi connectivity index (χ3v) is 7.21. The number of carbonyl (C=O) groups is 1. The average Bonchev–Trinajstić information content (AvgIpc) is 2.99. The molecule has 0 spiro atoms. The van der Waals surface area contributed by atoms with Crippen molar-refractivity contribution in [2.24, 2.45) is 4.99 Å². The molecule has 4 aromatic rings. The molecule has 0 saturated heterocycles. The van der Waals surface area contributed by atoms with Gasteiger partial charge in [0, 0.05) is 64.5 Å². The standard InChI is InChI=1S/C29H25Cl2N5OS/c1-35(2)24-15-13-23(18-8-4-5-9-19(18)24)32-29(38)34-27-28(37)36(3)25-14-12-17(30)16-21(25)26(33-27)20-10-6-7-11-22(20)31/h4-16,27H,1-3H3,(H2,32,34,38). The molecule has 0 fully saturated rings. The van der Waals surface area contributed by atoms with E-state index in [0.29, 0.717) is 32.6 Å². The Labute approximate surface area is 236 Å². The summed E-state index contributed by atoms with van der Waals surface area (Å²) in [5.74, 6) is -0.271. The summed E-state index contributed by atoms with van der Waals surface area (Å²) >= 11 is 18.6. The van der Waals surface area contributed by atoms with Crippen LogP contribution in [-0.2, 0) is 4.79 Å². The minimum atomic E-state index is -0.996. The molecule has 0 aromatic heterocycles. The van der Waals surface area contributed by atoms with Crippen LogP contribution in [0.4, 0.5) is 17.1 Å². The highest BCUT2D eigenvalue weighted by Gasteiger charge is 2.31. The van der Waals surface area contributed by atoms with Gasteiger partial charge >= 0.3 is 0 Å². The summed E-state index contributed by atoms with van der Waals surface area (Å²) in [4.78, 5) is 22.0. The average molecular weight is 563 g/mol. The Kier molecular flexibility index (Phi) is 7.25. The van der Waals surface area contributed by atoms with Crippen LogP contribution in [0, 0.1) is 0 Å². The molecule has 1 atom stereocenters. The second-order valence-electron chi connectivity index (χ2n) is 9.09. The number of hydrogen-bond donors (Lipinski definition) is 2. The largest absolute Gasteiger partial charge is 0.377 e. The van der Waals surface area contributed by atoms with Crippen molar-refractivity contribution in [3.05, 3.63) is 100 Å². The SMILES string of the molecule is CN(C)c1ccc(NC(=S)NC2N=C(c3ccccc3Cl)c3cc(Cl)ccc3N(C)C2=O)c2ccccc12. The fourth-order valence-electron chi connectivity index (χ4n) is 4.57. The van der Waals surface area contributed by atoms with Gasteiger partial charge in [-0.25, -0.2) is 4.99 Å². The lowest BCUT2D eigenvalue weighted by Crippen LogP contribution is -2.47. The lowest BCUT2D eigenvalue weighted by molar-refractivity contribution is -0.119. The molecule has 0 bridgehead atoms. The van der Waals surface area contributed by atoms with Crippen molar-refractivity contribution in [1.82, 2.24) is 5.32 Å². The van der Waals surface area contributed by atoms with Crippen LogP contribution in [0.15, 0.2) is 83.9 Å². The normalized spacial score (nSPS) is 15.0. The molecule has 192 valence electrons. The quantitative estimate of drug-likeness (QED) is 0.285. The van der Waals surface area contributed by atoms with E-state index in [9.17, 15) is 4.79 Å². The molecule has 0 aliphatic carbocycles. The molecule has 6 nitrogen and oxygen atoms in total. The number of thiocarbonyl (C=S) groups is 1. The zero-order chi connectivity index (χ0) is 27.0. The number of rotatable bonds is 4. The fourth-order valence-corrected chi connectivity index (χ4v) is 5.19. The molecule has 38 heavy (non-hydrogen) atoms. The number of fused-ring (bicyclic) bond motifs is 2. The number of aliphatic imine (C=N–C) groups is 1. The minimum absolute atomic E-state index is 0.269. The Morgan fingerprint density at radius 3 is 2.39 bits per heavy atom. The maximum absolute atomic E-state index is 13.6. The highest BCUT2D eigenvalue weighted by molar-refractivity contribution is 7.80. The molecular formula is C29H25Cl2N5OS. The van der Waals surface area contributed by atoms with Crippen LogP contribution in [-0.4, -0.2) is 44.0 Å². The van der Waals surface area contributed by atoms with Crippen LogP contribution in [0.25, 0.3) is 10.8 Å². The summed E-state index contributed by atoms with van der Waals surface area (Å²) in [6.45, 7) is 0. The van der Waals surface area contributed by atoms with Crippen molar-refractivity contribution in [2.75, 3.05) is 36.3 Å². The molecule has 1 aliphatic rings. The van der Waals surface area contributed by atoms with Crippen LogP contribution >= 0.6 is 35.4 Å². The first-order valence-electron chi connectivity index (χ1n) is 11.9.